The molecule has 0 fully saturated rings. The van der Waals surface area contributed by atoms with Crippen molar-refractivity contribution >= 4 is 15.9 Å². The van der Waals surface area contributed by atoms with E-state index in [1.807, 2.05) is 32.0 Å². The number of hydrogen-bond acceptors (Lipinski definition) is 4. The Kier molecular flexibility index (Phi) is 2.98. The number of benzene rings is 1. The molecule has 0 saturated carbocycles. The van der Waals surface area contributed by atoms with E-state index >= 15 is 0 Å². The van der Waals surface area contributed by atoms with Gasteiger partial charge in [0.2, 0.25) is 11.8 Å². The van der Waals surface area contributed by atoms with E-state index in [1.54, 1.807) is 12.4 Å². The van der Waals surface area contributed by atoms with Crippen LogP contribution in [0.2, 0.25) is 0 Å². The van der Waals surface area contributed by atoms with E-state index in [4.69, 9.17) is 8.83 Å². The summed E-state index contributed by atoms with van der Waals surface area (Å²) < 4.78 is 11.9. The Morgan fingerprint density at radius 1 is 0.947 bits per heavy atom. The highest BCUT2D eigenvalue weighted by molar-refractivity contribution is 9.10. The highest BCUT2D eigenvalue weighted by Crippen LogP contribution is 2.31. The van der Waals surface area contributed by atoms with Crippen LogP contribution in [0, 0.1) is 13.8 Å². The molecule has 3 rings (SSSR count). The minimum Gasteiger partial charge on any atom is -0.441 e. The maximum Gasteiger partial charge on any atom is 0.227 e. The second-order valence-corrected chi connectivity index (χ2v) is 5.10. The summed E-state index contributed by atoms with van der Waals surface area (Å²) in [7, 11) is 0. The van der Waals surface area contributed by atoms with Gasteiger partial charge in [-0.25, -0.2) is 9.97 Å². The largest absolute Gasteiger partial charge is 0.441 e. The standard InChI is InChI=1S/C14H11BrN2O2/c1-8-6-16-13(18-8)10-3-4-11(12(15)5-10)14-17-7-9(2)19-14/h3-7H,1-2H3. The number of aromatic nitrogens is 2. The molecular formula is C14H11BrN2O2. The molecule has 0 bridgehead atoms. The van der Waals surface area contributed by atoms with Gasteiger partial charge >= 0.3 is 0 Å². The topological polar surface area (TPSA) is 52.1 Å². The van der Waals surface area contributed by atoms with Crippen LogP contribution < -0.4 is 0 Å². The molecule has 0 aliphatic heterocycles. The van der Waals surface area contributed by atoms with Crippen molar-refractivity contribution in [2.24, 2.45) is 0 Å². The predicted octanol–water partition coefficient (Wildman–Crippen LogP) is 4.38. The predicted molar refractivity (Wildman–Crippen MR) is 74.6 cm³/mol. The van der Waals surface area contributed by atoms with Crippen LogP contribution in [0.4, 0.5) is 0 Å². The van der Waals surface area contributed by atoms with Gasteiger partial charge in [-0.3, -0.25) is 0 Å². The molecule has 96 valence electrons. The summed E-state index contributed by atoms with van der Waals surface area (Å²) >= 11 is 3.53. The summed E-state index contributed by atoms with van der Waals surface area (Å²) in [6.45, 7) is 3.74. The van der Waals surface area contributed by atoms with Crippen molar-refractivity contribution in [2.45, 2.75) is 13.8 Å². The van der Waals surface area contributed by atoms with E-state index in [2.05, 4.69) is 25.9 Å². The molecule has 2 aromatic heterocycles. The SMILES string of the molecule is Cc1cnc(-c2ccc(-c3ncc(C)o3)c(Br)c2)o1. The van der Waals surface area contributed by atoms with Crippen LogP contribution in [0.15, 0.2) is 43.9 Å². The van der Waals surface area contributed by atoms with Crippen molar-refractivity contribution < 1.29 is 8.83 Å². The minimum absolute atomic E-state index is 0.597. The molecule has 3 aromatic rings. The van der Waals surface area contributed by atoms with Gasteiger partial charge in [0, 0.05) is 10.0 Å². The number of nitrogens with zero attached hydrogens (tertiary/aromatic N) is 2. The summed E-state index contributed by atoms with van der Waals surface area (Å²) in [5.41, 5.74) is 1.81. The van der Waals surface area contributed by atoms with Crippen LogP contribution >= 0.6 is 15.9 Å². The van der Waals surface area contributed by atoms with E-state index in [9.17, 15) is 0 Å². The molecule has 0 aliphatic carbocycles. The lowest BCUT2D eigenvalue weighted by Crippen LogP contribution is -1.83. The fourth-order valence-corrected chi connectivity index (χ4v) is 2.34. The smallest absolute Gasteiger partial charge is 0.227 e. The Morgan fingerprint density at radius 2 is 1.58 bits per heavy atom. The quantitative estimate of drug-likeness (QED) is 0.703. The fraction of sp³-hybridized carbons (Fsp3) is 0.143. The minimum atomic E-state index is 0.597. The zero-order valence-electron chi connectivity index (χ0n) is 10.5. The maximum absolute atomic E-state index is 5.52. The molecule has 0 spiro atoms. The normalized spacial score (nSPS) is 10.9. The molecule has 0 unspecified atom stereocenters. The second-order valence-electron chi connectivity index (χ2n) is 4.25. The number of hydrogen-bond donors (Lipinski definition) is 0. The zero-order valence-corrected chi connectivity index (χ0v) is 12.1. The van der Waals surface area contributed by atoms with Crippen LogP contribution in [0.1, 0.15) is 11.5 Å². The van der Waals surface area contributed by atoms with E-state index in [1.165, 1.54) is 0 Å². The first-order valence-corrected chi connectivity index (χ1v) is 6.58. The summed E-state index contributed by atoms with van der Waals surface area (Å²) in [4.78, 5) is 8.42. The molecule has 5 heteroatoms. The Hall–Kier alpha value is -1.88. The van der Waals surface area contributed by atoms with Gasteiger partial charge in [0.15, 0.2) is 0 Å². The Morgan fingerprint density at radius 3 is 2.11 bits per heavy atom. The lowest BCUT2D eigenvalue weighted by Gasteiger charge is -2.02. The maximum atomic E-state index is 5.52. The first kappa shape index (κ1) is 12.2. The lowest BCUT2D eigenvalue weighted by molar-refractivity contribution is 0.540. The first-order valence-electron chi connectivity index (χ1n) is 5.78. The van der Waals surface area contributed by atoms with Gasteiger partial charge in [-0.15, -0.1) is 0 Å². The molecule has 2 heterocycles. The second kappa shape index (κ2) is 4.66. The van der Waals surface area contributed by atoms with Gasteiger partial charge in [0.05, 0.1) is 18.0 Å². The van der Waals surface area contributed by atoms with Gasteiger partial charge in [0.1, 0.15) is 11.5 Å². The molecule has 0 aliphatic rings. The number of halogens is 1. The van der Waals surface area contributed by atoms with Gasteiger partial charge in [-0.2, -0.15) is 0 Å². The summed E-state index contributed by atoms with van der Waals surface area (Å²) in [5.74, 6) is 2.78. The molecule has 0 amide bonds. The highest BCUT2D eigenvalue weighted by atomic mass is 79.9. The summed E-state index contributed by atoms with van der Waals surface area (Å²) in [5, 5.41) is 0. The molecule has 4 nitrogen and oxygen atoms in total. The third kappa shape index (κ3) is 2.33. The van der Waals surface area contributed by atoms with Crippen molar-refractivity contribution in [1.29, 1.82) is 0 Å². The molecule has 0 saturated heterocycles. The van der Waals surface area contributed by atoms with Crippen LogP contribution in [0.25, 0.3) is 22.9 Å². The summed E-state index contributed by atoms with van der Waals surface area (Å²) in [6.07, 6.45) is 3.40. The third-order valence-electron chi connectivity index (χ3n) is 2.69. The van der Waals surface area contributed by atoms with Crippen LogP contribution in [-0.2, 0) is 0 Å². The molecule has 0 N–H and O–H groups in total. The molecule has 0 radical (unpaired) electrons. The Bertz CT molecular complexity index is 731. The van der Waals surface area contributed by atoms with E-state index in [0.29, 0.717) is 11.8 Å². The van der Waals surface area contributed by atoms with Crippen molar-refractivity contribution in [3.8, 4) is 22.9 Å². The molecule has 1 aromatic carbocycles. The average Bonchev–Trinajstić information content (AvgIpc) is 2.98. The van der Waals surface area contributed by atoms with Crippen molar-refractivity contribution in [3.63, 3.8) is 0 Å². The lowest BCUT2D eigenvalue weighted by atomic mass is 10.1. The number of rotatable bonds is 2. The van der Waals surface area contributed by atoms with Crippen molar-refractivity contribution in [3.05, 3.63) is 46.6 Å². The van der Waals surface area contributed by atoms with E-state index in [0.717, 1.165) is 27.1 Å². The Balaban J connectivity index is 2.03. The van der Waals surface area contributed by atoms with Crippen LogP contribution in [0.5, 0.6) is 0 Å². The molecule has 0 atom stereocenters. The van der Waals surface area contributed by atoms with E-state index in [-0.39, 0.29) is 0 Å². The van der Waals surface area contributed by atoms with Crippen LogP contribution in [0.3, 0.4) is 0 Å². The van der Waals surface area contributed by atoms with Gasteiger partial charge < -0.3 is 8.83 Å². The van der Waals surface area contributed by atoms with E-state index < -0.39 is 0 Å². The number of oxazole rings is 2. The van der Waals surface area contributed by atoms with Gasteiger partial charge in [0.25, 0.3) is 0 Å². The highest BCUT2D eigenvalue weighted by Gasteiger charge is 2.12. The van der Waals surface area contributed by atoms with Gasteiger partial charge in [-0.05, 0) is 48.0 Å². The number of aryl methyl sites for hydroxylation is 2. The van der Waals surface area contributed by atoms with Crippen molar-refractivity contribution in [2.75, 3.05) is 0 Å². The monoisotopic (exact) mass is 318 g/mol. The zero-order chi connectivity index (χ0) is 13.4. The van der Waals surface area contributed by atoms with Crippen molar-refractivity contribution in [1.82, 2.24) is 9.97 Å². The average molecular weight is 319 g/mol. The Labute approximate surface area is 118 Å². The third-order valence-corrected chi connectivity index (χ3v) is 3.35. The molecule has 19 heavy (non-hydrogen) atoms. The fourth-order valence-electron chi connectivity index (χ4n) is 1.79. The first-order chi connectivity index (χ1) is 9.13. The molecular weight excluding hydrogens is 308 g/mol. The van der Waals surface area contributed by atoms with Gasteiger partial charge in [-0.1, -0.05) is 0 Å². The van der Waals surface area contributed by atoms with Crippen LogP contribution in [-0.4, -0.2) is 9.97 Å². The summed E-state index contributed by atoms with van der Waals surface area (Å²) in [6, 6.07) is 5.81.